The Labute approximate surface area is 126 Å². The topological polar surface area (TPSA) is 101 Å². The van der Waals surface area contributed by atoms with Gasteiger partial charge in [0.2, 0.25) is 0 Å². The minimum Gasteiger partial charge on any atom is -0.354 e. The molecule has 0 radical (unpaired) electrons. The first-order valence-corrected chi connectivity index (χ1v) is 6.52. The second-order valence-electron chi connectivity index (χ2n) is 4.60. The van der Waals surface area contributed by atoms with E-state index in [-0.39, 0.29) is 17.3 Å². The maximum atomic E-state index is 11.4. The van der Waals surface area contributed by atoms with E-state index in [0.29, 0.717) is 17.9 Å². The van der Waals surface area contributed by atoms with Crippen LogP contribution in [0.3, 0.4) is 0 Å². The zero-order chi connectivity index (χ0) is 16.1. The van der Waals surface area contributed by atoms with Gasteiger partial charge in [0.05, 0.1) is 11.5 Å². The highest BCUT2D eigenvalue weighted by molar-refractivity contribution is 5.91. The summed E-state index contributed by atoms with van der Waals surface area (Å²) in [6.45, 7) is 0.311. The Morgan fingerprint density at radius 2 is 2.00 bits per heavy atom. The third-order valence-corrected chi connectivity index (χ3v) is 3.10. The highest BCUT2D eigenvalue weighted by Crippen LogP contribution is 2.21. The molecule has 0 bridgehead atoms. The number of nitrogens with zero attached hydrogens (tertiary/aromatic N) is 4. The molecule has 0 saturated heterocycles. The minimum absolute atomic E-state index is 0.0595. The molecule has 0 saturated carbocycles. The molecule has 0 unspecified atom stereocenters. The van der Waals surface area contributed by atoms with E-state index in [2.05, 4.69) is 15.5 Å². The van der Waals surface area contributed by atoms with Crippen molar-refractivity contribution in [1.29, 1.82) is 0 Å². The molecule has 114 valence electrons. The van der Waals surface area contributed by atoms with Gasteiger partial charge in [0.15, 0.2) is 11.5 Å². The summed E-state index contributed by atoms with van der Waals surface area (Å²) in [5.41, 5.74) is 0.849. The van der Waals surface area contributed by atoms with Crippen molar-refractivity contribution in [3.05, 3.63) is 57.8 Å². The minimum atomic E-state index is -0.413. The Bertz CT molecular complexity index is 687. The van der Waals surface area contributed by atoms with E-state index < -0.39 is 4.92 Å². The van der Waals surface area contributed by atoms with Gasteiger partial charge in [0.25, 0.3) is 11.6 Å². The molecule has 0 aliphatic rings. The summed E-state index contributed by atoms with van der Waals surface area (Å²) in [5.74, 6) is 0.200. The third-order valence-electron chi connectivity index (χ3n) is 3.10. The van der Waals surface area contributed by atoms with E-state index in [4.69, 9.17) is 0 Å². The number of nitrogens with one attached hydrogen (secondary N) is 1. The standard InChI is InChI=1S/C14H15N5O3/c1-15-14(20)11-7-8-13(17-16-11)18(2)9-10-5-3-4-6-12(10)19(21)22/h3-8H,9H2,1-2H3,(H,15,20). The molecular weight excluding hydrogens is 286 g/mol. The predicted octanol–water partition coefficient (Wildman–Crippen LogP) is 1.38. The van der Waals surface area contributed by atoms with E-state index in [1.165, 1.54) is 13.1 Å². The lowest BCUT2D eigenvalue weighted by Crippen LogP contribution is -2.22. The van der Waals surface area contributed by atoms with Crippen molar-refractivity contribution in [2.24, 2.45) is 0 Å². The van der Waals surface area contributed by atoms with Gasteiger partial charge < -0.3 is 10.2 Å². The van der Waals surface area contributed by atoms with Gasteiger partial charge >= 0.3 is 0 Å². The van der Waals surface area contributed by atoms with Gasteiger partial charge in [-0.3, -0.25) is 14.9 Å². The quantitative estimate of drug-likeness (QED) is 0.661. The number of carbonyl (C=O) groups excluding carboxylic acids is 1. The van der Waals surface area contributed by atoms with E-state index in [1.807, 2.05) is 0 Å². The first-order chi connectivity index (χ1) is 10.5. The van der Waals surface area contributed by atoms with E-state index in [9.17, 15) is 14.9 Å². The Morgan fingerprint density at radius 1 is 1.27 bits per heavy atom. The van der Waals surface area contributed by atoms with Crippen LogP contribution in [0.4, 0.5) is 11.5 Å². The van der Waals surface area contributed by atoms with Gasteiger partial charge in [0, 0.05) is 25.7 Å². The molecule has 2 rings (SSSR count). The lowest BCUT2D eigenvalue weighted by Gasteiger charge is -2.17. The molecule has 2 aromatic rings. The zero-order valence-electron chi connectivity index (χ0n) is 12.2. The van der Waals surface area contributed by atoms with Gasteiger partial charge in [-0.15, -0.1) is 10.2 Å². The second-order valence-corrected chi connectivity index (χ2v) is 4.60. The molecular formula is C14H15N5O3. The molecule has 1 N–H and O–H groups in total. The highest BCUT2D eigenvalue weighted by Gasteiger charge is 2.15. The average molecular weight is 301 g/mol. The van der Waals surface area contributed by atoms with Crippen LogP contribution in [0.1, 0.15) is 16.1 Å². The van der Waals surface area contributed by atoms with E-state index in [0.717, 1.165) is 0 Å². The molecule has 1 amide bonds. The predicted molar refractivity (Wildman–Crippen MR) is 80.6 cm³/mol. The van der Waals surface area contributed by atoms with Crippen LogP contribution in [0.5, 0.6) is 0 Å². The van der Waals surface area contributed by atoms with Gasteiger partial charge in [-0.05, 0) is 12.1 Å². The molecule has 1 aromatic carbocycles. The van der Waals surface area contributed by atoms with Crippen molar-refractivity contribution < 1.29 is 9.72 Å². The van der Waals surface area contributed by atoms with Crippen LogP contribution in [0, 0.1) is 10.1 Å². The van der Waals surface area contributed by atoms with Crippen LogP contribution in [0.25, 0.3) is 0 Å². The van der Waals surface area contributed by atoms with Crippen LogP contribution < -0.4 is 10.2 Å². The van der Waals surface area contributed by atoms with Crippen molar-refractivity contribution in [3.8, 4) is 0 Å². The monoisotopic (exact) mass is 301 g/mol. The molecule has 0 spiro atoms. The van der Waals surface area contributed by atoms with Crippen molar-refractivity contribution >= 4 is 17.4 Å². The number of rotatable bonds is 5. The SMILES string of the molecule is CNC(=O)c1ccc(N(C)Cc2ccccc2[N+](=O)[O-])nn1. The third kappa shape index (κ3) is 3.35. The normalized spacial score (nSPS) is 10.1. The number of aromatic nitrogens is 2. The second kappa shape index (κ2) is 6.61. The summed E-state index contributed by atoms with van der Waals surface area (Å²) < 4.78 is 0. The summed E-state index contributed by atoms with van der Waals surface area (Å²) >= 11 is 0. The molecule has 22 heavy (non-hydrogen) atoms. The fourth-order valence-corrected chi connectivity index (χ4v) is 1.94. The number of anilines is 1. The van der Waals surface area contributed by atoms with Gasteiger partial charge in [-0.1, -0.05) is 18.2 Å². The maximum absolute atomic E-state index is 11.4. The van der Waals surface area contributed by atoms with Gasteiger partial charge in [-0.25, -0.2) is 0 Å². The molecule has 0 aliphatic carbocycles. The first-order valence-electron chi connectivity index (χ1n) is 6.52. The Hall–Kier alpha value is -3.03. The number of para-hydroxylation sites is 1. The summed E-state index contributed by atoms with van der Waals surface area (Å²) in [6.07, 6.45) is 0. The maximum Gasteiger partial charge on any atom is 0.274 e. The lowest BCUT2D eigenvalue weighted by molar-refractivity contribution is -0.385. The number of hydrogen-bond donors (Lipinski definition) is 1. The Balaban J connectivity index is 2.17. The van der Waals surface area contributed by atoms with Crippen LogP contribution in [-0.4, -0.2) is 35.1 Å². The molecule has 8 nitrogen and oxygen atoms in total. The van der Waals surface area contributed by atoms with E-state index in [1.54, 1.807) is 42.3 Å². The fourth-order valence-electron chi connectivity index (χ4n) is 1.94. The van der Waals surface area contributed by atoms with Crippen molar-refractivity contribution in [1.82, 2.24) is 15.5 Å². The highest BCUT2D eigenvalue weighted by atomic mass is 16.6. The fraction of sp³-hybridized carbons (Fsp3) is 0.214. The number of hydrogen-bond acceptors (Lipinski definition) is 6. The average Bonchev–Trinajstić information content (AvgIpc) is 2.54. The Morgan fingerprint density at radius 3 is 2.59 bits per heavy atom. The Kier molecular flexibility index (Phi) is 4.62. The van der Waals surface area contributed by atoms with Crippen LogP contribution in [-0.2, 0) is 6.54 Å². The lowest BCUT2D eigenvalue weighted by atomic mass is 10.1. The molecule has 0 fully saturated rings. The van der Waals surface area contributed by atoms with Crippen molar-refractivity contribution in [3.63, 3.8) is 0 Å². The summed E-state index contributed by atoms with van der Waals surface area (Å²) in [6, 6.07) is 9.73. The van der Waals surface area contributed by atoms with Gasteiger partial charge in [-0.2, -0.15) is 0 Å². The molecule has 1 heterocycles. The number of nitro benzene ring substituents is 1. The van der Waals surface area contributed by atoms with Crippen LogP contribution in [0.2, 0.25) is 0 Å². The zero-order valence-corrected chi connectivity index (χ0v) is 12.2. The van der Waals surface area contributed by atoms with Crippen LogP contribution >= 0.6 is 0 Å². The van der Waals surface area contributed by atoms with Crippen LogP contribution in [0.15, 0.2) is 36.4 Å². The van der Waals surface area contributed by atoms with Gasteiger partial charge in [0.1, 0.15) is 0 Å². The smallest absolute Gasteiger partial charge is 0.274 e. The van der Waals surface area contributed by atoms with Crippen molar-refractivity contribution in [2.45, 2.75) is 6.54 Å². The molecule has 0 aliphatic heterocycles. The molecule has 8 heteroatoms. The van der Waals surface area contributed by atoms with E-state index >= 15 is 0 Å². The molecule has 0 atom stereocenters. The number of amides is 1. The summed E-state index contributed by atoms with van der Waals surface area (Å²) in [5, 5.41) is 21.3. The number of nitro groups is 1. The number of carbonyl (C=O) groups is 1. The molecule has 1 aromatic heterocycles. The number of benzene rings is 1. The summed E-state index contributed by atoms with van der Waals surface area (Å²) in [7, 11) is 3.26. The summed E-state index contributed by atoms with van der Waals surface area (Å²) in [4.78, 5) is 23.7. The van der Waals surface area contributed by atoms with Crippen molar-refractivity contribution in [2.75, 3.05) is 19.0 Å². The largest absolute Gasteiger partial charge is 0.354 e. The first kappa shape index (κ1) is 15.4.